The number of hydrogen-bond acceptors (Lipinski definition) is 6. The van der Waals surface area contributed by atoms with E-state index in [1.54, 1.807) is 19.5 Å². The van der Waals surface area contributed by atoms with Crippen LogP contribution in [0.15, 0.2) is 24.5 Å². The van der Waals surface area contributed by atoms with Crippen LogP contribution in [-0.4, -0.2) is 46.4 Å². The van der Waals surface area contributed by atoms with E-state index in [0.29, 0.717) is 40.3 Å². The van der Waals surface area contributed by atoms with Crippen molar-refractivity contribution in [3.8, 4) is 10.6 Å². The zero-order valence-corrected chi connectivity index (χ0v) is 19.7. The standard InChI is InChI=1S/C23H30N4O3S/c1-13(12-30-6)9-17(28)19-8-7-18(31-19)16-11-25-21-20(27-16)15(10-24-21)22(29)26-14(2)23(3,4)5/h7-8,10-11,13-14H,9,12H2,1-6H3,(H,24,25)(H,26,29)/t13?,14-/m0/s1. The second-order valence-corrected chi connectivity index (χ2v) is 10.2. The van der Waals surface area contributed by atoms with Gasteiger partial charge in [-0.3, -0.25) is 9.59 Å². The first-order chi connectivity index (χ1) is 14.6. The number of fused-ring (bicyclic) bond motifs is 1. The molecule has 0 aliphatic carbocycles. The quantitative estimate of drug-likeness (QED) is 0.493. The van der Waals surface area contributed by atoms with Gasteiger partial charge in [-0.15, -0.1) is 11.3 Å². The molecule has 0 spiro atoms. The van der Waals surface area contributed by atoms with Gasteiger partial charge >= 0.3 is 0 Å². The van der Waals surface area contributed by atoms with E-state index in [1.165, 1.54) is 11.3 Å². The normalized spacial score (nSPS) is 13.9. The van der Waals surface area contributed by atoms with Gasteiger partial charge in [-0.1, -0.05) is 27.7 Å². The number of ether oxygens (including phenoxy) is 1. The van der Waals surface area contributed by atoms with Gasteiger partial charge < -0.3 is 15.0 Å². The number of carbonyl (C=O) groups is 2. The fourth-order valence-corrected chi connectivity index (χ4v) is 3.97. The molecule has 0 radical (unpaired) electrons. The lowest BCUT2D eigenvalue weighted by atomic mass is 9.88. The minimum Gasteiger partial charge on any atom is -0.384 e. The molecule has 0 aliphatic heterocycles. The molecule has 3 aromatic rings. The zero-order valence-electron chi connectivity index (χ0n) is 18.9. The Morgan fingerprint density at radius 3 is 2.68 bits per heavy atom. The van der Waals surface area contributed by atoms with E-state index >= 15 is 0 Å². The van der Waals surface area contributed by atoms with Gasteiger partial charge in [-0.05, 0) is 30.4 Å². The summed E-state index contributed by atoms with van der Waals surface area (Å²) in [6.45, 7) is 10.8. The van der Waals surface area contributed by atoms with Crippen molar-refractivity contribution in [3.05, 3.63) is 35.0 Å². The molecule has 1 unspecified atom stereocenters. The SMILES string of the molecule is COCC(C)CC(=O)c1ccc(-c2cnc3[nH]cc(C(=O)N[C@@H](C)C(C)(C)C)c3n2)s1. The van der Waals surface area contributed by atoms with Crippen LogP contribution in [0.4, 0.5) is 0 Å². The summed E-state index contributed by atoms with van der Waals surface area (Å²) < 4.78 is 5.12. The molecule has 8 heteroatoms. The van der Waals surface area contributed by atoms with Gasteiger partial charge in [0.25, 0.3) is 5.91 Å². The summed E-state index contributed by atoms with van der Waals surface area (Å²) in [5.74, 6) is 0.0672. The Kier molecular flexibility index (Phi) is 6.91. The number of hydrogen-bond donors (Lipinski definition) is 2. The van der Waals surface area contributed by atoms with Crippen molar-refractivity contribution in [2.45, 2.75) is 47.1 Å². The smallest absolute Gasteiger partial charge is 0.255 e. The molecule has 3 rings (SSSR count). The number of carbonyl (C=O) groups excluding carboxylic acids is 2. The number of H-pyrrole nitrogens is 1. The van der Waals surface area contributed by atoms with E-state index in [-0.39, 0.29) is 29.1 Å². The second kappa shape index (κ2) is 9.28. The number of nitrogens with zero attached hydrogens (tertiary/aromatic N) is 2. The highest BCUT2D eigenvalue weighted by atomic mass is 32.1. The summed E-state index contributed by atoms with van der Waals surface area (Å²) in [5.41, 5.74) is 2.12. The monoisotopic (exact) mass is 442 g/mol. The van der Waals surface area contributed by atoms with Crippen molar-refractivity contribution in [3.63, 3.8) is 0 Å². The van der Waals surface area contributed by atoms with E-state index in [1.807, 2.05) is 26.0 Å². The van der Waals surface area contributed by atoms with E-state index in [2.05, 4.69) is 41.0 Å². The van der Waals surface area contributed by atoms with Gasteiger partial charge in [0, 0.05) is 32.4 Å². The summed E-state index contributed by atoms with van der Waals surface area (Å²) in [6, 6.07) is 3.69. The molecule has 0 fully saturated rings. The van der Waals surface area contributed by atoms with Crippen molar-refractivity contribution < 1.29 is 14.3 Å². The van der Waals surface area contributed by atoms with Crippen molar-refractivity contribution in [2.24, 2.45) is 11.3 Å². The van der Waals surface area contributed by atoms with Crippen LogP contribution in [-0.2, 0) is 4.74 Å². The van der Waals surface area contributed by atoms with Gasteiger partial charge in [0.1, 0.15) is 5.52 Å². The maximum absolute atomic E-state index is 12.8. The molecule has 0 aliphatic rings. The van der Waals surface area contributed by atoms with Gasteiger partial charge in [-0.25, -0.2) is 9.97 Å². The molecule has 0 aromatic carbocycles. The number of nitrogens with one attached hydrogen (secondary N) is 2. The number of thiophene rings is 1. The number of aromatic nitrogens is 3. The highest BCUT2D eigenvalue weighted by Gasteiger charge is 2.24. The summed E-state index contributed by atoms with van der Waals surface area (Å²) in [5, 5.41) is 3.04. The average molecular weight is 443 g/mol. The minimum absolute atomic E-state index is 0.00698. The number of amides is 1. The summed E-state index contributed by atoms with van der Waals surface area (Å²) in [6.07, 6.45) is 3.73. The summed E-state index contributed by atoms with van der Waals surface area (Å²) in [7, 11) is 1.64. The molecule has 0 saturated heterocycles. The van der Waals surface area contributed by atoms with Crippen LogP contribution in [0.25, 0.3) is 21.7 Å². The third-order valence-electron chi connectivity index (χ3n) is 5.39. The maximum atomic E-state index is 12.8. The van der Waals surface area contributed by atoms with E-state index in [9.17, 15) is 9.59 Å². The highest BCUT2D eigenvalue weighted by Crippen LogP contribution is 2.29. The lowest BCUT2D eigenvalue weighted by molar-refractivity contribution is 0.0908. The maximum Gasteiger partial charge on any atom is 0.255 e. The minimum atomic E-state index is -0.186. The van der Waals surface area contributed by atoms with Crippen LogP contribution < -0.4 is 5.32 Å². The zero-order chi connectivity index (χ0) is 22.8. The first-order valence-corrected chi connectivity index (χ1v) is 11.2. The Balaban J connectivity index is 1.83. The van der Waals surface area contributed by atoms with E-state index in [0.717, 1.165) is 4.88 Å². The third kappa shape index (κ3) is 5.37. The number of methoxy groups -OCH3 is 1. The van der Waals surface area contributed by atoms with Gasteiger partial charge in [0.2, 0.25) is 0 Å². The van der Waals surface area contributed by atoms with Crippen LogP contribution >= 0.6 is 11.3 Å². The van der Waals surface area contributed by atoms with Crippen molar-refractivity contribution in [1.29, 1.82) is 0 Å². The molecule has 2 atom stereocenters. The Labute approximate surface area is 186 Å². The van der Waals surface area contributed by atoms with Crippen molar-refractivity contribution >= 4 is 34.2 Å². The number of aromatic amines is 1. The Morgan fingerprint density at radius 1 is 1.26 bits per heavy atom. The Morgan fingerprint density at radius 2 is 2.00 bits per heavy atom. The first-order valence-electron chi connectivity index (χ1n) is 10.4. The fraction of sp³-hybridized carbons (Fsp3) is 0.478. The predicted octanol–water partition coefficient (Wildman–Crippen LogP) is 4.71. The first kappa shape index (κ1) is 23.1. The highest BCUT2D eigenvalue weighted by molar-refractivity contribution is 7.17. The van der Waals surface area contributed by atoms with Crippen LogP contribution in [0.3, 0.4) is 0 Å². The van der Waals surface area contributed by atoms with Crippen LogP contribution in [0.2, 0.25) is 0 Å². The molecule has 3 aromatic heterocycles. The van der Waals surface area contributed by atoms with Gasteiger partial charge in [-0.2, -0.15) is 0 Å². The van der Waals surface area contributed by atoms with Crippen molar-refractivity contribution in [1.82, 2.24) is 20.3 Å². The molecule has 0 bridgehead atoms. The van der Waals surface area contributed by atoms with Gasteiger partial charge in [0.15, 0.2) is 11.4 Å². The van der Waals surface area contributed by atoms with E-state index < -0.39 is 0 Å². The van der Waals surface area contributed by atoms with Gasteiger partial charge in [0.05, 0.1) is 27.2 Å². The second-order valence-electron chi connectivity index (χ2n) is 9.07. The molecule has 7 nitrogen and oxygen atoms in total. The molecule has 1 amide bonds. The number of rotatable bonds is 8. The lowest BCUT2D eigenvalue weighted by Crippen LogP contribution is -2.41. The number of ketones is 1. The van der Waals surface area contributed by atoms with Crippen LogP contribution in [0.5, 0.6) is 0 Å². The van der Waals surface area contributed by atoms with Crippen molar-refractivity contribution in [2.75, 3.05) is 13.7 Å². The molecular formula is C23H30N4O3S. The summed E-state index contributed by atoms with van der Waals surface area (Å²) >= 11 is 1.39. The topological polar surface area (TPSA) is 97.0 Å². The summed E-state index contributed by atoms with van der Waals surface area (Å²) in [4.78, 5) is 39.0. The molecule has 31 heavy (non-hydrogen) atoms. The fourth-order valence-electron chi connectivity index (χ4n) is 3.06. The number of Topliss-reactive ketones (excluding diaryl/α,β-unsaturated/α-hetero) is 1. The largest absolute Gasteiger partial charge is 0.384 e. The van der Waals surface area contributed by atoms with E-state index in [4.69, 9.17) is 4.74 Å². The van der Waals surface area contributed by atoms with Crippen LogP contribution in [0, 0.1) is 11.3 Å². The Bertz CT molecular complexity index is 1080. The lowest BCUT2D eigenvalue weighted by Gasteiger charge is -2.27. The molecule has 0 saturated carbocycles. The Hall–Kier alpha value is -2.58. The molecule has 3 heterocycles. The molecule has 2 N–H and O–H groups in total. The van der Waals surface area contributed by atoms with Crippen LogP contribution in [0.1, 0.15) is 61.1 Å². The predicted molar refractivity (Wildman–Crippen MR) is 124 cm³/mol. The molecular weight excluding hydrogens is 412 g/mol. The molecule has 166 valence electrons. The average Bonchev–Trinajstić information content (AvgIpc) is 3.34. The third-order valence-corrected chi connectivity index (χ3v) is 6.54.